The van der Waals surface area contributed by atoms with Gasteiger partial charge in [0.2, 0.25) is 5.91 Å². The minimum Gasteiger partial charge on any atom is -0.488 e. The molecule has 254 valence electrons. The number of halogens is 4. The number of hydrogen-bond donors (Lipinski definition) is 5. The fourth-order valence-electron chi connectivity index (χ4n) is 7.98. The first-order valence-corrected chi connectivity index (χ1v) is 17.2. The second-order valence-corrected chi connectivity index (χ2v) is 14.6. The zero-order valence-electron chi connectivity index (χ0n) is 25.8. The van der Waals surface area contributed by atoms with Gasteiger partial charge >= 0.3 is 0 Å². The van der Waals surface area contributed by atoms with Gasteiger partial charge in [0, 0.05) is 42.3 Å². The fourth-order valence-corrected chi connectivity index (χ4v) is 9.24. The summed E-state index contributed by atoms with van der Waals surface area (Å²) in [5.74, 6) is -0.380. The van der Waals surface area contributed by atoms with Gasteiger partial charge in [0.1, 0.15) is 41.5 Å². The monoisotopic (exact) mass is 710 g/mol. The van der Waals surface area contributed by atoms with Crippen LogP contribution in [0.5, 0.6) is 11.5 Å². The number of carbonyl (C=O) groups is 1. The number of fused-ring (bicyclic) bond motifs is 4. The maximum absolute atomic E-state index is 16.9. The highest BCUT2D eigenvalue weighted by Gasteiger charge is 2.50. The molecule has 6 atom stereocenters. The normalized spacial score (nSPS) is 28.1. The van der Waals surface area contributed by atoms with Crippen LogP contribution in [0.15, 0.2) is 30.5 Å². The van der Waals surface area contributed by atoms with E-state index >= 15 is 8.78 Å². The average Bonchev–Trinajstić information content (AvgIpc) is 3.56. The molecule has 4 aromatic rings. The lowest BCUT2D eigenvalue weighted by atomic mass is 9.95. The molecule has 9 rings (SSSR count). The summed E-state index contributed by atoms with van der Waals surface area (Å²) in [5, 5.41) is 23.0. The van der Waals surface area contributed by atoms with Crippen molar-refractivity contribution in [1.82, 2.24) is 25.4 Å². The number of anilines is 2. The third kappa shape index (κ3) is 4.76. The quantitative estimate of drug-likeness (QED) is 0.177. The maximum atomic E-state index is 16.9. The van der Waals surface area contributed by atoms with Crippen molar-refractivity contribution in [2.75, 3.05) is 37.3 Å². The van der Waals surface area contributed by atoms with Gasteiger partial charge < -0.3 is 35.7 Å². The number of benzene rings is 2. The highest BCUT2D eigenvalue weighted by molar-refractivity contribution is 7.23. The molecule has 1 amide bonds. The molecule has 2 aromatic heterocycles. The molecule has 3 saturated heterocycles. The van der Waals surface area contributed by atoms with Crippen LogP contribution in [0.2, 0.25) is 5.02 Å². The van der Waals surface area contributed by atoms with Gasteiger partial charge in [0.25, 0.3) is 6.36 Å². The van der Waals surface area contributed by atoms with Crippen LogP contribution in [-0.2, 0) is 4.79 Å². The molecule has 2 unspecified atom stereocenters. The molecule has 0 radical (unpaired) electrons. The van der Waals surface area contributed by atoms with Gasteiger partial charge in [-0.15, -0.1) is 11.3 Å². The van der Waals surface area contributed by atoms with E-state index in [1.807, 2.05) is 0 Å². The Balaban J connectivity index is 1.18. The number of carbonyl (C=O) groups excluding carboxylic acids is 1. The number of rotatable bonds is 6. The summed E-state index contributed by atoms with van der Waals surface area (Å²) in [6, 6.07) is 7.88. The van der Waals surface area contributed by atoms with Crippen molar-refractivity contribution in [1.29, 1.82) is 5.26 Å². The molecule has 0 saturated carbocycles. The lowest BCUT2D eigenvalue weighted by molar-refractivity contribution is -0.121. The number of nitrogens with two attached hydrogens (primary N) is 1. The van der Waals surface area contributed by atoms with Gasteiger partial charge in [-0.1, -0.05) is 17.7 Å². The Morgan fingerprint density at radius 1 is 1.31 bits per heavy atom. The van der Waals surface area contributed by atoms with E-state index in [2.05, 4.69) is 32.2 Å². The first-order chi connectivity index (χ1) is 23.7. The standard InChI is InChI=1S/C33H30ClF3N8O3S/c34-17-12-45-25(23(17)15-2-3-18(36)27-22(15)16(9-38)29(39)49-27)28(37)48-26-21(47-13-33-6-1-7-44(33)11-14(35)8-33)5-4-19-24(26)30(45)42-32(41-19)43-31(46)20-10-40-20/h2-5,12,14,20,28,30,32,40-42H,1,6-8,10-11,13,39H2,(H,43,46)/t14-,20?,28?,30+,32-,33+/m1/s1. The van der Waals surface area contributed by atoms with Gasteiger partial charge in [-0.25, -0.2) is 8.78 Å². The number of hydrogen-bond acceptors (Lipinski definition) is 10. The first kappa shape index (κ1) is 30.8. The first-order valence-electron chi connectivity index (χ1n) is 16.0. The van der Waals surface area contributed by atoms with Crippen LogP contribution in [0.1, 0.15) is 48.6 Å². The molecule has 0 bridgehead atoms. The Labute approximate surface area is 287 Å². The Morgan fingerprint density at radius 2 is 2.14 bits per heavy atom. The van der Waals surface area contributed by atoms with Crippen molar-refractivity contribution >= 4 is 49.6 Å². The van der Waals surface area contributed by atoms with Crippen LogP contribution < -0.4 is 36.5 Å². The minimum atomic E-state index is -2.11. The molecule has 11 nitrogen and oxygen atoms in total. The number of amides is 1. The molecular weight excluding hydrogens is 681 g/mol. The van der Waals surface area contributed by atoms with Gasteiger partial charge in [-0.3, -0.25) is 15.0 Å². The van der Waals surface area contributed by atoms with Crippen LogP contribution in [0.4, 0.5) is 23.9 Å². The molecule has 7 heterocycles. The number of aromatic nitrogens is 1. The lowest BCUT2D eigenvalue weighted by Gasteiger charge is -2.36. The zero-order chi connectivity index (χ0) is 33.8. The molecule has 5 aliphatic heterocycles. The predicted octanol–water partition coefficient (Wildman–Crippen LogP) is 4.87. The summed E-state index contributed by atoms with van der Waals surface area (Å²) in [6.45, 7) is 1.92. The molecular formula is C33H30ClF3N8O3S. The van der Waals surface area contributed by atoms with E-state index < -0.39 is 36.3 Å². The average molecular weight is 711 g/mol. The summed E-state index contributed by atoms with van der Waals surface area (Å²) in [6.07, 6.45) is -1.03. The number of alkyl halides is 2. The summed E-state index contributed by atoms with van der Waals surface area (Å²) in [5.41, 5.74) is 7.31. The lowest BCUT2D eigenvalue weighted by Crippen LogP contribution is -2.56. The van der Waals surface area contributed by atoms with Gasteiger partial charge in [0.15, 0.2) is 17.8 Å². The van der Waals surface area contributed by atoms with Crippen LogP contribution in [0.25, 0.3) is 21.2 Å². The van der Waals surface area contributed by atoms with Gasteiger partial charge in [-0.2, -0.15) is 9.65 Å². The number of nitrogens with one attached hydrogen (secondary N) is 4. The fraction of sp³-hybridized carbons (Fsp3) is 0.394. The second kappa shape index (κ2) is 11.2. The predicted molar refractivity (Wildman–Crippen MR) is 177 cm³/mol. The van der Waals surface area contributed by atoms with Crippen LogP contribution in [0, 0.1) is 17.1 Å². The van der Waals surface area contributed by atoms with Crippen molar-refractivity contribution in [3.05, 3.63) is 58.1 Å². The number of nitriles is 1. The molecule has 2 aromatic carbocycles. The van der Waals surface area contributed by atoms with Crippen molar-refractivity contribution in [3.8, 4) is 28.7 Å². The van der Waals surface area contributed by atoms with Crippen molar-refractivity contribution < 1.29 is 27.4 Å². The summed E-state index contributed by atoms with van der Waals surface area (Å²) in [4.78, 5) is 14.9. The van der Waals surface area contributed by atoms with Crippen molar-refractivity contribution in [3.63, 3.8) is 0 Å². The Kier molecular flexibility index (Phi) is 7.02. The Morgan fingerprint density at radius 3 is 2.94 bits per heavy atom. The van der Waals surface area contributed by atoms with E-state index in [1.165, 1.54) is 12.1 Å². The van der Waals surface area contributed by atoms with E-state index in [-0.39, 0.29) is 67.0 Å². The van der Waals surface area contributed by atoms with Crippen molar-refractivity contribution in [2.24, 2.45) is 0 Å². The minimum absolute atomic E-state index is 0.00429. The molecule has 0 spiro atoms. The molecule has 3 fully saturated rings. The van der Waals surface area contributed by atoms with E-state index in [1.54, 1.807) is 22.9 Å². The smallest absolute Gasteiger partial charge is 0.279 e. The van der Waals surface area contributed by atoms with Crippen molar-refractivity contribution in [2.45, 2.75) is 55.8 Å². The van der Waals surface area contributed by atoms with Crippen LogP contribution in [0.3, 0.4) is 0 Å². The van der Waals surface area contributed by atoms with Gasteiger partial charge in [0.05, 0.1) is 32.4 Å². The SMILES string of the molecule is N#Cc1c(N)sc2c(F)ccc(-c3c(Cl)cn4c3C(F)Oc3c(OC[C@@]56CCCN5C[C@H](F)C6)ccc5c3[C@H]4N[C@H](NC(=O)C3CN3)N5)c12. The molecule has 5 aliphatic rings. The summed E-state index contributed by atoms with van der Waals surface area (Å²) >= 11 is 7.82. The summed E-state index contributed by atoms with van der Waals surface area (Å²) in [7, 11) is 0. The number of nitrogens with zero attached hydrogens (tertiary/aromatic N) is 3. The maximum Gasteiger partial charge on any atom is 0.279 e. The topological polar surface area (TPSA) is 152 Å². The highest BCUT2D eigenvalue weighted by atomic mass is 35.5. The molecule has 16 heteroatoms. The Bertz CT molecular complexity index is 2100. The van der Waals surface area contributed by atoms with E-state index in [4.69, 9.17) is 26.8 Å². The largest absolute Gasteiger partial charge is 0.488 e. The van der Waals surface area contributed by atoms with Gasteiger partial charge in [-0.05, 0) is 43.1 Å². The third-order valence-electron chi connectivity index (χ3n) is 10.3. The highest BCUT2D eigenvalue weighted by Crippen LogP contribution is 2.53. The third-order valence-corrected chi connectivity index (χ3v) is 11.6. The van der Waals surface area contributed by atoms with E-state index in [9.17, 15) is 14.4 Å². The Hall–Kier alpha value is -4.20. The number of nitrogen functional groups attached to an aromatic ring is 1. The summed E-state index contributed by atoms with van der Waals surface area (Å²) < 4.78 is 60.8. The second-order valence-electron chi connectivity index (χ2n) is 13.2. The van der Waals surface area contributed by atoms with Crippen LogP contribution in [-0.4, -0.2) is 65.7 Å². The molecule has 6 N–H and O–H groups in total. The van der Waals surface area contributed by atoms with Crippen LogP contribution >= 0.6 is 22.9 Å². The van der Waals surface area contributed by atoms with E-state index in [0.717, 1.165) is 30.7 Å². The van der Waals surface area contributed by atoms with E-state index in [0.29, 0.717) is 36.3 Å². The molecule has 49 heavy (non-hydrogen) atoms. The number of thiophene rings is 1. The zero-order valence-corrected chi connectivity index (χ0v) is 27.4. The molecule has 0 aliphatic carbocycles. The number of ether oxygens (including phenoxy) is 2.